The highest BCUT2D eigenvalue weighted by Crippen LogP contribution is 2.24. The molecule has 2 unspecified atom stereocenters. The Kier molecular flexibility index (Phi) is 4.48. The molecule has 0 aliphatic carbocycles. The average molecular weight is 360 g/mol. The molecule has 0 amide bonds. The molecule has 0 aromatic rings. The average Bonchev–Trinajstić information content (AvgIpc) is 2.50. The fourth-order valence-electron chi connectivity index (χ4n) is 2.10. The molecule has 2 rings (SSSR count). The van der Waals surface area contributed by atoms with Crippen molar-refractivity contribution in [1.29, 1.82) is 0 Å². The Morgan fingerprint density at radius 1 is 1.25 bits per heavy atom. The van der Waals surface area contributed by atoms with Crippen LogP contribution in [0.2, 0.25) is 0 Å². The quantitative estimate of drug-likeness (QED) is 0.557. The molecular formula is C10H17IO4S. The van der Waals surface area contributed by atoms with E-state index < -0.39 is 9.84 Å². The Morgan fingerprint density at radius 3 is 2.50 bits per heavy atom. The van der Waals surface area contributed by atoms with Crippen LogP contribution in [0.5, 0.6) is 0 Å². The van der Waals surface area contributed by atoms with E-state index in [9.17, 15) is 8.42 Å². The van der Waals surface area contributed by atoms with Crippen LogP contribution in [0, 0.1) is 5.92 Å². The molecule has 0 radical (unpaired) electrons. The highest BCUT2D eigenvalue weighted by atomic mass is 127. The Labute approximate surface area is 110 Å². The monoisotopic (exact) mass is 360 g/mol. The van der Waals surface area contributed by atoms with Crippen molar-refractivity contribution in [2.75, 3.05) is 31.3 Å². The fraction of sp³-hybridized carbons (Fsp3) is 1.00. The van der Waals surface area contributed by atoms with Crippen molar-refractivity contribution < 1.29 is 17.9 Å². The normalized spacial score (nSPS) is 35.3. The second-order valence-electron chi connectivity index (χ2n) is 4.52. The van der Waals surface area contributed by atoms with Gasteiger partial charge in [0.25, 0.3) is 0 Å². The summed E-state index contributed by atoms with van der Waals surface area (Å²) < 4.78 is 33.9. The summed E-state index contributed by atoms with van der Waals surface area (Å²) in [5.74, 6) is 1.01. The maximum absolute atomic E-state index is 11.4. The van der Waals surface area contributed by atoms with Gasteiger partial charge in [0, 0.05) is 13.2 Å². The van der Waals surface area contributed by atoms with E-state index in [2.05, 4.69) is 22.6 Å². The first-order valence-electron chi connectivity index (χ1n) is 5.61. The number of ether oxygens (including phenoxy) is 2. The molecule has 2 aliphatic rings. The minimum absolute atomic E-state index is 0.103. The highest BCUT2D eigenvalue weighted by Gasteiger charge is 2.37. The minimum atomic E-state index is -2.85. The van der Waals surface area contributed by atoms with Crippen LogP contribution in [-0.4, -0.2) is 49.8 Å². The Hall–Kier alpha value is 0.600. The molecule has 4 nitrogen and oxygen atoms in total. The summed E-state index contributed by atoms with van der Waals surface area (Å²) in [5.41, 5.74) is 0. The van der Waals surface area contributed by atoms with E-state index in [1.807, 2.05) is 0 Å². The second-order valence-corrected chi connectivity index (χ2v) is 8.27. The molecule has 16 heavy (non-hydrogen) atoms. The third-order valence-electron chi connectivity index (χ3n) is 3.12. The third-order valence-corrected chi connectivity index (χ3v) is 6.67. The molecule has 6 heteroatoms. The molecule has 2 heterocycles. The molecule has 0 N–H and O–H groups in total. The summed E-state index contributed by atoms with van der Waals surface area (Å²) in [6.45, 7) is 2.30. The van der Waals surface area contributed by atoms with Crippen molar-refractivity contribution in [3.05, 3.63) is 0 Å². The van der Waals surface area contributed by atoms with Gasteiger partial charge in [-0.3, -0.25) is 0 Å². The van der Waals surface area contributed by atoms with Gasteiger partial charge >= 0.3 is 0 Å². The molecule has 2 saturated heterocycles. The van der Waals surface area contributed by atoms with Crippen LogP contribution < -0.4 is 0 Å². The van der Waals surface area contributed by atoms with Crippen LogP contribution in [0.15, 0.2) is 0 Å². The lowest BCUT2D eigenvalue weighted by Gasteiger charge is -2.24. The summed E-state index contributed by atoms with van der Waals surface area (Å²) in [4.78, 5) is 0. The molecule has 2 fully saturated rings. The first-order valence-corrected chi connectivity index (χ1v) is 8.67. The number of rotatable bonds is 3. The number of halogens is 1. The van der Waals surface area contributed by atoms with Gasteiger partial charge in [-0.2, -0.15) is 0 Å². The van der Waals surface area contributed by atoms with Crippen molar-refractivity contribution in [2.45, 2.75) is 22.9 Å². The van der Waals surface area contributed by atoms with Gasteiger partial charge in [0.05, 0.1) is 28.1 Å². The van der Waals surface area contributed by atoms with Crippen LogP contribution in [0.3, 0.4) is 0 Å². The largest absolute Gasteiger partial charge is 0.381 e. The van der Waals surface area contributed by atoms with Gasteiger partial charge in [0.15, 0.2) is 9.84 Å². The van der Waals surface area contributed by atoms with Gasteiger partial charge in [0.2, 0.25) is 0 Å². The van der Waals surface area contributed by atoms with Gasteiger partial charge in [-0.25, -0.2) is 8.42 Å². The SMILES string of the molecule is O=S1(=O)CC(I)C(OCC2CCOCC2)C1. The van der Waals surface area contributed by atoms with Crippen LogP contribution in [0.4, 0.5) is 0 Å². The summed E-state index contributed by atoms with van der Waals surface area (Å²) >= 11 is 2.18. The topological polar surface area (TPSA) is 52.6 Å². The van der Waals surface area contributed by atoms with Gasteiger partial charge in [-0.1, -0.05) is 22.6 Å². The van der Waals surface area contributed by atoms with Crippen molar-refractivity contribution in [2.24, 2.45) is 5.92 Å². The molecule has 0 aromatic carbocycles. The number of hydrogen-bond acceptors (Lipinski definition) is 4. The number of hydrogen-bond donors (Lipinski definition) is 0. The highest BCUT2D eigenvalue weighted by molar-refractivity contribution is 14.1. The summed E-state index contributed by atoms with van der Waals surface area (Å²) in [6.07, 6.45) is 1.96. The van der Waals surface area contributed by atoms with Gasteiger partial charge < -0.3 is 9.47 Å². The van der Waals surface area contributed by atoms with E-state index in [1.54, 1.807) is 0 Å². The van der Waals surface area contributed by atoms with Crippen molar-refractivity contribution in [3.63, 3.8) is 0 Å². The minimum Gasteiger partial charge on any atom is -0.381 e. The van der Waals surface area contributed by atoms with E-state index in [0.717, 1.165) is 26.1 Å². The predicted octanol–water partition coefficient (Wildman–Crippen LogP) is 1.03. The first kappa shape index (κ1) is 13.0. The summed E-state index contributed by atoms with van der Waals surface area (Å²) in [7, 11) is -2.85. The van der Waals surface area contributed by atoms with Crippen LogP contribution in [0.25, 0.3) is 0 Å². The zero-order chi connectivity index (χ0) is 11.6. The van der Waals surface area contributed by atoms with Crippen LogP contribution >= 0.6 is 22.6 Å². The van der Waals surface area contributed by atoms with E-state index >= 15 is 0 Å². The van der Waals surface area contributed by atoms with Crippen LogP contribution in [0.1, 0.15) is 12.8 Å². The Balaban J connectivity index is 1.77. The van der Waals surface area contributed by atoms with E-state index in [1.165, 1.54) is 0 Å². The molecular weight excluding hydrogens is 343 g/mol. The van der Waals surface area contributed by atoms with E-state index in [-0.39, 0.29) is 21.5 Å². The number of alkyl halides is 1. The summed E-state index contributed by atoms with van der Waals surface area (Å²) in [6, 6.07) is 0. The van der Waals surface area contributed by atoms with Gasteiger partial charge in [0.1, 0.15) is 0 Å². The third kappa shape index (κ3) is 3.54. The first-order chi connectivity index (χ1) is 7.57. The molecule has 0 aromatic heterocycles. The van der Waals surface area contributed by atoms with Gasteiger partial charge in [-0.05, 0) is 18.8 Å². The van der Waals surface area contributed by atoms with Crippen molar-refractivity contribution >= 4 is 32.4 Å². The maximum Gasteiger partial charge on any atom is 0.154 e. The molecule has 0 bridgehead atoms. The molecule has 2 atom stereocenters. The standard InChI is InChI=1S/C10H17IO4S/c11-9-6-16(12,13)7-10(9)15-5-8-1-3-14-4-2-8/h8-10H,1-7H2. The lowest BCUT2D eigenvalue weighted by Crippen LogP contribution is -2.28. The summed E-state index contributed by atoms with van der Waals surface area (Å²) in [5, 5.41) is 0. The van der Waals surface area contributed by atoms with Crippen molar-refractivity contribution in [3.8, 4) is 0 Å². The molecule has 0 spiro atoms. The smallest absolute Gasteiger partial charge is 0.154 e. The predicted molar refractivity (Wildman–Crippen MR) is 69.7 cm³/mol. The second kappa shape index (κ2) is 5.49. The molecule has 2 aliphatic heterocycles. The lowest BCUT2D eigenvalue weighted by molar-refractivity contribution is 0.000145. The number of sulfone groups is 1. The van der Waals surface area contributed by atoms with E-state index in [4.69, 9.17) is 9.47 Å². The Morgan fingerprint density at radius 2 is 1.94 bits per heavy atom. The Bertz CT molecular complexity index is 324. The molecule has 94 valence electrons. The van der Waals surface area contributed by atoms with Gasteiger partial charge in [-0.15, -0.1) is 0 Å². The molecule has 0 saturated carbocycles. The van der Waals surface area contributed by atoms with Crippen LogP contribution in [-0.2, 0) is 19.3 Å². The lowest BCUT2D eigenvalue weighted by atomic mass is 10.0. The van der Waals surface area contributed by atoms with E-state index in [0.29, 0.717) is 12.5 Å². The van der Waals surface area contributed by atoms with Crippen molar-refractivity contribution in [1.82, 2.24) is 0 Å². The fourth-order valence-corrected chi connectivity index (χ4v) is 6.21. The zero-order valence-electron chi connectivity index (χ0n) is 9.10. The maximum atomic E-state index is 11.4. The zero-order valence-corrected chi connectivity index (χ0v) is 12.1.